The van der Waals surface area contributed by atoms with E-state index in [1.807, 2.05) is 37.4 Å². The SMILES string of the molecule is CN1CCOP(=O)(c2ccccc2)N1. The monoisotopic (exact) mass is 212 g/mol. The van der Waals surface area contributed by atoms with Crippen LogP contribution in [0.25, 0.3) is 0 Å². The minimum atomic E-state index is -2.85. The molecule has 1 saturated heterocycles. The summed E-state index contributed by atoms with van der Waals surface area (Å²) in [5.74, 6) is 0. The quantitative estimate of drug-likeness (QED) is 0.704. The first kappa shape index (κ1) is 9.87. The lowest BCUT2D eigenvalue weighted by atomic mass is 10.4. The van der Waals surface area contributed by atoms with Crippen LogP contribution in [-0.4, -0.2) is 25.2 Å². The number of rotatable bonds is 1. The van der Waals surface area contributed by atoms with Gasteiger partial charge in [-0.15, -0.1) is 0 Å². The van der Waals surface area contributed by atoms with E-state index in [1.165, 1.54) is 0 Å². The lowest BCUT2D eigenvalue weighted by molar-refractivity contribution is 0.167. The highest BCUT2D eigenvalue weighted by Crippen LogP contribution is 2.42. The molecular weight excluding hydrogens is 199 g/mol. The summed E-state index contributed by atoms with van der Waals surface area (Å²) < 4.78 is 17.6. The van der Waals surface area contributed by atoms with E-state index in [4.69, 9.17) is 4.52 Å². The van der Waals surface area contributed by atoms with E-state index in [0.717, 1.165) is 6.54 Å². The van der Waals surface area contributed by atoms with Crippen LogP contribution in [0, 0.1) is 0 Å². The van der Waals surface area contributed by atoms with Crippen molar-refractivity contribution in [1.29, 1.82) is 0 Å². The van der Waals surface area contributed by atoms with Crippen molar-refractivity contribution in [3.05, 3.63) is 30.3 Å². The van der Waals surface area contributed by atoms with Crippen molar-refractivity contribution < 1.29 is 9.09 Å². The number of benzene rings is 1. The summed E-state index contributed by atoms with van der Waals surface area (Å²) in [6.45, 7) is 1.24. The van der Waals surface area contributed by atoms with Gasteiger partial charge in [-0.1, -0.05) is 18.2 Å². The van der Waals surface area contributed by atoms with Gasteiger partial charge in [0.25, 0.3) is 0 Å². The van der Waals surface area contributed by atoms with Gasteiger partial charge in [-0.25, -0.2) is 5.01 Å². The van der Waals surface area contributed by atoms with Crippen molar-refractivity contribution in [2.24, 2.45) is 0 Å². The summed E-state index contributed by atoms with van der Waals surface area (Å²) in [4.78, 5) is 0. The van der Waals surface area contributed by atoms with Crippen LogP contribution >= 0.6 is 7.52 Å². The lowest BCUT2D eigenvalue weighted by Crippen LogP contribution is -2.42. The van der Waals surface area contributed by atoms with Gasteiger partial charge in [0.05, 0.1) is 11.9 Å². The maximum Gasteiger partial charge on any atom is 0.313 e. The Hall–Kier alpha value is -0.670. The molecule has 1 heterocycles. The Labute approximate surface area is 83.3 Å². The van der Waals surface area contributed by atoms with Crippen LogP contribution in [0.5, 0.6) is 0 Å². The van der Waals surface area contributed by atoms with Gasteiger partial charge in [-0.05, 0) is 12.1 Å². The van der Waals surface area contributed by atoms with Crippen molar-refractivity contribution in [1.82, 2.24) is 10.2 Å². The summed E-state index contributed by atoms with van der Waals surface area (Å²) in [6, 6.07) is 9.23. The third-order valence-electron chi connectivity index (χ3n) is 2.10. The average molecular weight is 212 g/mol. The van der Waals surface area contributed by atoms with Crippen LogP contribution in [0.1, 0.15) is 0 Å². The topological polar surface area (TPSA) is 41.6 Å². The van der Waals surface area contributed by atoms with Crippen molar-refractivity contribution >= 4 is 12.8 Å². The first-order valence-electron chi connectivity index (χ1n) is 4.50. The Bertz CT molecular complexity index is 355. The fourth-order valence-electron chi connectivity index (χ4n) is 1.37. The van der Waals surface area contributed by atoms with Gasteiger partial charge in [0.15, 0.2) is 0 Å². The van der Waals surface area contributed by atoms with Gasteiger partial charge in [0, 0.05) is 13.6 Å². The molecule has 5 heteroatoms. The van der Waals surface area contributed by atoms with Gasteiger partial charge in [-0.3, -0.25) is 4.57 Å². The molecule has 0 amide bonds. The third kappa shape index (κ3) is 1.88. The average Bonchev–Trinajstić information content (AvgIpc) is 2.19. The minimum absolute atomic E-state index is 0.496. The molecule has 1 aliphatic rings. The molecule has 14 heavy (non-hydrogen) atoms. The highest BCUT2D eigenvalue weighted by Gasteiger charge is 2.30. The molecule has 1 atom stereocenters. The highest BCUT2D eigenvalue weighted by atomic mass is 31.2. The zero-order valence-corrected chi connectivity index (χ0v) is 8.91. The van der Waals surface area contributed by atoms with Crippen molar-refractivity contribution in [3.8, 4) is 0 Å². The maximum absolute atomic E-state index is 12.3. The van der Waals surface area contributed by atoms with Crippen LogP contribution < -0.4 is 10.5 Å². The third-order valence-corrected chi connectivity index (χ3v) is 4.23. The molecular formula is C9H13N2O2P. The zero-order valence-electron chi connectivity index (χ0n) is 8.01. The molecule has 0 radical (unpaired) electrons. The normalized spacial score (nSPS) is 28.9. The van der Waals surface area contributed by atoms with Crippen LogP contribution in [0.3, 0.4) is 0 Å². The van der Waals surface area contributed by atoms with Crippen molar-refractivity contribution in [2.75, 3.05) is 20.2 Å². The molecule has 76 valence electrons. The summed E-state index contributed by atoms with van der Waals surface area (Å²) in [7, 11) is -0.987. The summed E-state index contributed by atoms with van der Waals surface area (Å²) in [6.07, 6.45) is 0. The number of nitrogens with one attached hydrogen (secondary N) is 1. The van der Waals surface area contributed by atoms with Crippen molar-refractivity contribution in [2.45, 2.75) is 0 Å². The van der Waals surface area contributed by atoms with Crippen LogP contribution in [-0.2, 0) is 9.09 Å². The number of nitrogens with zero attached hydrogens (tertiary/aromatic N) is 1. The second-order valence-corrected chi connectivity index (χ2v) is 5.32. The van der Waals surface area contributed by atoms with E-state index in [0.29, 0.717) is 11.9 Å². The molecule has 2 rings (SSSR count). The second-order valence-electron chi connectivity index (χ2n) is 3.24. The fraction of sp³-hybridized carbons (Fsp3) is 0.333. The molecule has 0 saturated carbocycles. The van der Waals surface area contributed by atoms with Gasteiger partial charge in [-0.2, -0.15) is 5.20 Å². The van der Waals surface area contributed by atoms with Crippen LogP contribution in [0.4, 0.5) is 0 Å². The van der Waals surface area contributed by atoms with E-state index >= 15 is 0 Å². The Kier molecular flexibility index (Phi) is 2.70. The predicted molar refractivity (Wildman–Crippen MR) is 55.4 cm³/mol. The lowest BCUT2D eigenvalue weighted by Gasteiger charge is -2.31. The second kappa shape index (κ2) is 3.83. The predicted octanol–water partition coefficient (Wildman–Crippen LogP) is 0.972. The number of hydrogen-bond donors (Lipinski definition) is 1. The van der Waals surface area contributed by atoms with Gasteiger partial charge in [0.1, 0.15) is 0 Å². The van der Waals surface area contributed by atoms with Crippen LogP contribution in [0.2, 0.25) is 0 Å². The minimum Gasteiger partial charge on any atom is -0.312 e. The van der Waals surface area contributed by atoms with E-state index < -0.39 is 7.52 Å². The molecule has 1 aromatic carbocycles. The van der Waals surface area contributed by atoms with E-state index in [2.05, 4.69) is 5.20 Å². The smallest absolute Gasteiger partial charge is 0.312 e. The molecule has 1 aromatic rings. The number of likely N-dealkylation sites (N-methyl/N-ethyl adjacent to an activating group) is 1. The van der Waals surface area contributed by atoms with Gasteiger partial charge < -0.3 is 4.52 Å². The molecule has 1 N–H and O–H groups in total. The standard InChI is InChI=1S/C9H13N2O2P/c1-11-7-8-13-14(12,10-11)9-5-3-2-4-6-9/h2-6H,7-8H2,1H3,(H,10,12). The molecule has 0 aliphatic carbocycles. The Balaban J connectivity index is 2.28. The van der Waals surface area contributed by atoms with Gasteiger partial charge >= 0.3 is 7.52 Å². The van der Waals surface area contributed by atoms with E-state index in [1.54, 1.807) is 5.01 Å². The molecule has 1 aliphatic heterocycles. The summed E-state index contributed by atoms with van der Waals surface area (Å²) >= 11 is 0. The molecule has 0 aromatic heterocycles. The molecule has 4 nitrogen and oxygen atoms in total. The number of hydrazine groups is 1. The Morgan fingerprint density at radius 3 is 2.79 bits per heavy atom. The largest absolute Gasteiger partial charge is 0.313 e. The fourth-order valence-corrected chi connectivity index (χ4v) is 3.14. The summed E-state index contributed by atoms with van der Waals surface area (Å²) in [5, 5.41) is 5.39. The Morgan fingerprint density at radius 2 is 2.14 bits per heavy atom. The van der Waals surface area contributed by atoms with Gasteiger partial charge in [0.2, 0.25) is 0 Å². The highest BCUT2D eigenvalue weighted by molar-refractivity contribution is 7.65. The molecule has 1 fully saturated rings. The number of hydrogen-bond acceptors (Lipinski definition) is 3. The Morgan fingerprint density at radius 1 is 1.43 bits per heavy atom. The van der Waals surface area contributed by atoms with Crippen molar-refractivity contribution in [3.63, 3.8) is 0 Å². The molecule has 0 bridgehead atoms. The van der Waals surface area contributed by atoms with Crippen LogP contribution in [0.15, 0.2) is 30.3 Å². The maximum atomic E-state index is 12.3. The first-order valence-corrected chi connectivity index (χ1v) is 6.12. The summed E-state index contributed by atoms with van der Waals surface area (Å²) in [5.41, 5.74) is 0. The van der Waals surface area contributed by atoms with E-state index in [9.17, 15) is 4.57 Å². The molecule has 1 unspecified atom stereocenters. The zero-order chi connectivity index (χ0) is 10.0. The molecule has 0 spiro atoms. The van der Waals surface area contributed by atoms with E-state index in [-0.39, 0.29) is 0 Å². The first-order chi connectivity index (χ1) is 6.71.